The van der Waals surface area contributed by atoms with Crippen molar-refractivity contribution in [2.75, 3.05) is 0 Å². The van der Waals surface area contributed by atoms with Gasteiger partial charge in [0.15, 0.2) is 0 Å². The Morgan fingerprint density at radius 1 is 0.440 bits per heavy atom. The first-order valence-electron chi connectivity index (χ1n) is 17.4. The van der Waals surface area contributed by atoms with Crippen molar-refractivity contribution >= 4 is 44.4 Å². The minimum atomic E-state index is 0.983. The topological polar surface area (TPSA) is 22.8 Å². The molecule has 1 aliphatic carbocycles. The summed E-state index contributed by atoms with van der Waals surface area (Å²) in [4.78, 5) is 5.09. The highest BCUT2D eigenvalue weighted by molar-refractivity contribution is 6.10. The Bertz CT molecular complexity index is 2840. The molecule has 0 aliphatic heterocycles. The van der Waals surface area contributed by atoms with Gasteiger partial charge in [0, 0.05) is 38.3 Å². The van der Waals surface area contributed by atoms with E-state index in [2.05, 4.69) is 179 Å². The number of benzene rings is 6. The molecule has 0 saturated carbocycles. The molecule has 6 aromatic carbocycles. The number of aromatic nitrogens is 3. The molecule has 3 aromatic heterocycles. The standard InChI is InChI=1S/C47H33N3/c1-4-14-32(15-5-1)33-26-27-44-41(29-33)47-38(23-13-25-45(47)49(44)36-18-6-2-7-19-36)34-16-12-17-35(28-34)42-30-40-39-22-10-11-24-43(39)50(46(40)31-48-42)37-20-8-3-9-21-37/h1-12,14-22,24-31H,13,23H2. The van der Waals surface area contributed by atoms with Gasteiger partial charge in [-0.3, -0.25) is 4.98 Å². The van der Waals surface area contributed by atoms with Gasteiger partial charge in [-0.1, -0.05) is 115 Å². The zero-order valence-electron chi connectivity index (χ0n) is 27.5. The second-order valence-corrected chi connectivity index (χ2v) is 13.1. The van der Waals surface area contributed by atoms with E-state index in [1.165, 1.54) is 65.7 Å². The van der Waals surface area contributed by atoms with Gasteiger partial charge in [0.1, 0.15) is 0 Å². The van der Waals surface area contributed by atoms with Crippen LogP contribution in [0, 0.1) is 0 Å². The van der Waals surface area contributed by atoms with Crippen LogP contribution >= 0.6 is 0 Å². The minimum Gasteiger partial charge on any atom is -0.310 e. The maximum absolute atomic E-state index is 5.09. The molecule has 0 spiro atoms. The molecule has 0 atom stereocenters. The van der Waals surface area contributed by atoms with Crippen molar-refractivity contribution in [1.82, 2.24) is 14.1 Å². The van der Waals surface area contributed by atoms with E-state index in [4.69, 9.17) is 4.98 Å². The number of fused-ring (bicyclic) bond motifs is 6. The summed E-state index contributed by atoms with van der Waals surface area (Å²) in [6, 6.07) is 59.0. The van der Waals surface area contributed by atoms with Crippen LogP contribution in [0.2, 0.25) is 0 Å². The zero-order valence-corrected chi connectivity index (χ0v) is 27.5. The molecule has 0 amide bonds. The fourth-order valence-corrected chi connectivity index (χ4v) is 8.00. The lowest BCUT2D eigenvalue weighted by Crippen LogP contribution is -2.32. The van der Waals surface area contributed by atoms with Crippen molar-refractivity contribution in [3.8, 4) is 33.8 Å². The first-order valence-corrected chi connectivity index (χ1v) is 17.4. The van der Waals surface area contributed by atoms with Crippen LogP contribution in [0.15, 0.2) is 170 Å². The number of nitrogens with zero attached hydrogens (tertiary/aromatic N) is 3. The molecule has 0 bridgehead atoms. The van der Waals surface area contributed by atoms with E-state index in [-0.39, 0.29) is 0 Å². The summed E-state index contributed by atoms with van der Waals surface area (Å²) >= 11 is 0. The number of para-hydroxylation sites is 3. The largest absolute Gasteiger partial charge is 0.310 e. The Hall–Kier alpha value is -6.45. The van der Waals surface area contributed by atoms with E-state index < -0.39 is 0 Å². The van der Waals surface area contributed by atoms with Gasteiger partial charge < -0.3 is 9.13 Å². The third-order valence-corrected chi connectivity index (χ3v) is 10.2. The minimum absolute atomic E-state index is 0.983. The maximum atomic E-state index is 5.09. The Labute approximate surface area is 290 Å². The van der Waals surface area contributed by atoms with Crippen LogP contribution < -0.4 is 10.6 Å². The Morgan fingerprint density at radius 2 is 1.10 bits per heavy atom. The summed E-state index contributed by atoms with van der Waals surface area (Å²) in [5.41, 5.74) is 13.1. The smallest absolute Gasteiger partial charge is 0.0724 e. The lowest BCUT2D eigenvalue weighted by molar-refractivity contribution is 1.01. The highest BCUT2D eigenvalue weighted by atomic mass is 15.0. The summed E-state index contributed by atoms with van der Waals surface area (Å²) in [5, 5.41) is 6.34. The van der Waals surface area contributed by atoms with E-state index >= 15 is 0 Å². The quantitative estimate of drug-likeness (QED) is 0.184. The van der Waals surface area contributed by atoms with Crippen LogP contribution in [0.4, 0.5) is 0 Å². The summed E-state index contributed by atoms with van der Waals surface area (Å²) < 4.78 is 4.76. The van der Waals surface area contributed by atoms with Crippen molar-refractivity contribution in [3.05, 3.63) is 186 Å². The summed E-state index contributed by atoms with van der Waals surface area (Å²) in [6.45, 7) is 0. The summed E-state index contributed by atoms with van der Waals surface area (Å²) in [7, 11) is 0. The fourth-order valence-electron chi connectivity index (χ4n) is 8.00. The normalized spacial score (nSPS) is 12.8. The van der Waals surface area contributed by atoms with Crippen molar-refractivity contribution in [1.29, 1.82) is 0 Å². The first-order chi connectivity index (χ1) is 24.8. The maximum Gasteiger partial charge on any atom is 0.0724 e. The van der Waals surface area contributed by atoms with Crippen molar-refractivity contribution in [3.63, 3.8) is 0 Å². The predicted octanol–water partition coefficient (Wildman–Crippen LogP) is 10.2. The summed E-state index contributed by atoms with van der Waals surface area (Å²) in [5.74, 6) is 0. The molecule has 3 heteroatoms. The van der Waals surface area contributed by atoms with Crippen molar-refractivity contribution in [2.24, 2.45) is 0 Å². The van der Waals surface area contributed by atoms with Gasteiger partial charge >= 0.3 is 0 Å². The number of rotatable bonds is 5. The van der Waals surface area contributed by atoms with E-state index in [9.17, 15) is 0 Å². The molecule has 0 N–H and O–H groups in total. The Morgan fingerprint density at radius 3 is 1.90 bits per heavy atom. The molecule has 236 valence electrons. The van der Waals surface area contributed by atoms with E-state index in [0.717, 1.165) is 35.3 Å². The van der Waals surface area contributed by atoms with E-state index in [1.54, 1.807) is 0 Å². The monoisotopic (exact) mass is 639 g/mol. The predicted molar refractivity (Wildman–Crippen MR) is 208 cm³/mol. The van der Waals surface area contributed by atoms with E-state index in [1.807, 2.05) is 6.20 Å². The van der Waals surface area contributed by atoms with Gasteiger partial charge in [0.2, 0.25) is 0 Å². The fraction of sp³-hybridized carbons (Fsp3) is 0.0426. The van der Waals surface area contributed by atoms with Gasteiger partial charge in [0.05, 0.1) is 33.8 Å². The molecule has 0 unspecified atom stereocenters. The van der Waals surface area contributed by atoms with Crippen molar-refractivity contribution in [2.45, 2.75) is 12.8 Å². The van der Waals surface area contributed by atoms with Crippen molar-refractivity contribution < 1.29 is 0 Å². The van der Waals surface area contributed by atoms with Gasteiger partial charge in [-0.2, -0.15) is 0 Å². The molecule has 0 saturated heterocycles. The van der Waals surface area contributed by atoms with Crippen LogP contribution in [0.3, 0.4) is 0 Å². The highest BCUT2D eigenvalue weighted by Crippen LogP contribution is 2.35. The molecule has 9 aromatic rings. The molecular weight excluding hydrogens is 607 g/mol. The molecule has 1 aliphatic rings. The van der Waals surface area contributed by atoms with Crippen LogP contribution in [0.5, 0.6) is 0 Å². The molecule has 50 heavy (non-hydrogen) atoms. The molecule has 10 rings (SSSR count). The van der Waals surface area contributed by atoms with Gasteiger partial charge in [-0.25, -0.2) is 0 Å². The molecule has 0 radical (unpaired) electrons. The third-order valence-electron chi connectivity index (χ3n) is 10.2. The zero-order chi connectivity index (χ0) is 33.0. The van der Waals surface area contributed by atoms with Gasteiger partial charge in [0.25, 0.3) is 0 Å². The van der Waals surface area contributed by atoms with Gasteiger partial charge in [-0.15, -0.1) is 0 Å². The lowest BCUT2D eigenvalue weighted by Gasteiger charge is -2.13. The lowest BCUT2D eigenvalue weighted by atomic mass is 9.92. The Kier molecular flexibility index (Phi) is 6.63. The second-order valence-electron chi connectivity index (χ2n) is 13.1. The van der Waals surface area contributed by atoms with Crippen LogP contribution in [-0.2, 0) is 0 Å². The second kappa shape index (κ2) is 11.6. The van der Waals surface area contributed by atoms with Crippen LogP contribution in [0.25, 0.3) is 78.1 Å². The van der Waals surface area contributed by atoms with Crippen LogP contribution in [0.1, 0.15) is 18.4 Å². The number of hydrogen-bond donors (Lipinski definition) is 0. The third kappa shape index (κ3) is 4.55. The average Bonchev–Trinajstić information content (AvgIpc) is 3.71. The average molecular weight is 640 g/mol. The summed E-state index contributed by atoms with van der Waals surface area (Å²) in [6.07, 6.45) is 6.45. The first kappa shape index (κ1) is 28.6. The van der Waals surface area contributed by atoms with Gasteiger partial charge in [-0.05, 0) is 89.7 Å². The molecule has 3 heterocycles. The Balaban J connectivity index is 1.19. The molecule has 3 nitrogen and oxygen atoms in total. The number of hydrogen-bond acceptors (Lipinski definition) is 1. The SMILES string of the molecule is C1=c2c(c3cc(-c4ccccc4)ccc3n2-c2ccccc2)=C(c2cccc(-c3cc4c5ccccc5n(-c5ccccc5)c4cn3)c2)CC1. The molecular formula is C47H33N3. The van der Waals surface area contributed by atoms with E-state index in [0.29, 0.717) is 0 Å². The van der Waals surface area contributed by atoms with Crippen LogP contribution in [-0.4, -0.2) is 14.1 Å². The highest BCUT2D eigenvalue weighted by Gasteiger charge is 2.19. The number of pyridine rings is 1. The molecule has 0 fully saturated rings.